The molecule has 1 aromatic carbocycles. The van der Waals surface area contributed by atoms with Crippen molar-refractivity contribution in [1.29, 1.82) is 0 Å². The minimum absolute atomic E-state index is 0.453. The van der Waals surface area contributed by atoms with Gasteiger partial charge in [-0.1, -0.05) is 42.5 Å². The van der Waals surface area contributed by atoms with Crippen molar-refractivity contribution in [3.8, 4) is 11.3 Å². The van der Waals surface area contributed by atoms with Crippen LogP contribution in [0.4, 0.5) is 5.82 Å². The molecular weight excluding hydrogens is 184 g/mol. The van der Waals surface area contributed by atoms with E-state index >= 15 is 0 Å². The normalized spacial score (nSPS) is 9.60. The van der Waals surface area contributed by atoms with Gasteiger partial charge in [-0.3, -0.25) is 0 Å². The Kier molecular flexibility index (Phi) is 2.47. The molecule has 0 saturated carbocycles. The van der Waals surface area contributed by atoms with Crippen molar-refractivity contribution in [3.63, 3.8) is 0 Å². The summed E-state index contributed by atoms with van der Waals surface area (Å²) >= 11 is 0. The molecule has 0 saturated heterocycles. The van der Waals surface area contributed by atoms with E-state index in [1.165, 1.54) is 0 Å². The van der Waals surface area contributed by atoms with Gasteiger partial charge in [-0.05, 0) is 19.1 Å². The number of aromatic nitrogens is 1. The Bertz CT molecular complexity index is 510. The molecule has 1 aromatic heterocycles. The molecule has 15 heavy (non-hydrogen) atoms. The number of rotatable bonds is 1. The van der Waals surface area contributed by atoms with E-state index < -0.39 is 0 Å². The molecule has 0 unspecified atom stereocenters. The van der Waals surface area contributed by atoms with Gasteiger partial charge < -0.3 is 4.85 Å². The van der Waals surface area contributed by atoms with E-state index in [0.29, 0.717) is 5.82 Å². The molecule has 72 valence electrons. The van der Waals surface area contributed by atoms with Crippen LogP contribution in [0.15, 0.2) is 42.5 Å². The van der Waals surface area contributed by atoms with E-state index in [1.807, 2.05) is 43.3 Å². The predicted molar refractivity (Wildman–Crippen MR) is 60.7 cm³/mol. The van der Waals surface area contributed by atoms with Crippen molar-refractivity contribution in [2.45, 2.75) is 6.92 Å². The van der Waals surface area contributed by atoms with Crippen LogP contribution in [0.5, 0.6) is 0 Å². The van der Waals surface area contributed by atoms with Crippen LogP contribution in [0.3, 0.4) is 0 Å². The highest BCUT2D eigenvalue weighted by Crippen LogP contribution is 2.21. The average Bonchev–Trinajstić information content (AvgIpc) is 2.29. The van der Waals surface area contributed by atoms with E-state index in [9.17, 15) is 0 Å². The summed E-state index contributed by atoms with van der Waals surface area (Å²) in [6.45, 7) is 8.94. The zero-order chi connectivity index (χ0) is 10.7. The van der Waals surface area contributed by atoms with Crippen LogP contribution in [0.1, 0.15) is 5.56 Å². The molecule has 1 heterocycles. The Hall–Kier alpha value is -2.14. The zero-order valence-corrected chi connectivity index (χ0v) is 8.44. The van der Waals surface area contributed by atoms with Gasteiger partial charge in [0.05, 0.1) is 0 Å². The van der Waals surface area contributed by atoms with Crippen molar-refractivity contribution >= 4 is 5.82 Å². The number of hydrogen-bond donors (Lipinski definition) is 0. The first-order chi connectivity index (χ1) is 7.29. The molecule has 2 aromatic rings. The topological polar surface area (TPSA) is 17.2 Å². The highest BCUT2D eigenvalue weighted by Gasteiger charge is 2.05. The molecular formula is C13H10N2. The molecule has 2 nitrogen and oxygen atoms in total. The van der Waals surface area contributed by atoms with E-state index in [4.69, 9.17) is 6.57 Å². The third-order valence-corrected chi connectivity index (χ3v) is 2.14. The summed E-state index contributed by atoms with van der Waals surface area (Å²) in [7, 11) is 0. The summed E-state index contributed by atoms with van der Waals surface area (Å²) in [5.74, 6) is 0.453. The van der Waals surface area contributed by atoms with E-state index in [-0.39, 0.29) is 0 Å². The van der Waals surface area contributed by atoms with Crippen molar-refractivity contribution in [2.24, 2.45) is 0 Å². The molecule has 0 spiro atoms. The molecule has 0 aliphatic carbocycles. The monoisotopic (exact) mass is 194 g/mol. The molecule has 0 bridgehead atoms. The summed E-state index contributed by atoms with van der Waals surface area (Å²) < 4.78 is 0. The van der Waals surface area contributed by atoms with Gasteiger partial charge in [0, 0.05) is 5.56 Å². The first kappa shape index (κ1) is 9.42. The molecule has 0 radical (unpaired) electrons. The lowest BCUT2D eigenvalue weighted by molar-refractivity contribution is 1.31. The van der Waals surface area contributed by atoms with E-state index in [2.05, 4.69) is 9.83 Å². The minimum Gasteiger partial charge on any atom is -0.361 e. The zero-order valence-electron chi connectivity index (χ0n) is 8.44. The molecule has 2 rings (SSSR count). The highest BCUT2D eigenvalue weighted by molar-refractivity contribution is 5.62. The third-order valence-electron chi connectivity index (χ3n) is 2.14. The molecule has 0 amide bonds. The highest BCUT2D eigenvalue weighted by atomic mass is 14.9. The maximum Gasteiger partial charge on any atom is 0.270 e. The van der Waals surface area contributed by atoms with Crippen LogP contribution in [0.2, 0.25) is 0 Å². The average molecular weight is 194 g/mol. The fraction of sp³-hybridized carbons (Fsp3) is 0.0769. The number of benzene rings is 1. The maximum atomic E-state index is 6.96. The van der Waals surface area contributed by atoms with Crippen LogP contribution in [-0.4, -0.2) is 4.98 Å². The quantitative estimate of drug-likeness (QED) is 0.634. The first-order valence-electron chi connectivity index (χ1n) is 4.71. The molecule has 0 fully saturated rings. The summed E-state index contributed by atoms with van der Waals surface area (Å²) in [5, 5.41) is 0. The molecule has 0 N–H and O–H groups in total. The van der Waals surface area contributed by atoms with Gasteiger partial charge in [-0.2, -0.15) is 0 Å². The molecule has 0 atom stereocenters. The number of nitrogens with zero attached hydrogens (tertiary/aromatic N) is 2. The SMILES string of the molecule is [C-]#[N+]c1cc(C)cc(-c2ccccc2)n1. The van der Waals surface area contributed by atoms with Crippen molar-refractivity contribution in [2.75, 3.05) is 0 Å². The standard InChI is InChI=1S/C13H10N2/c1-10-8-12(15-13(9-10)14-2)11-6-4-3-5-7-11/h3-9H,1H3. The van der Waals surface area contributed by atoms with Crippen LogP contribution in [0, 0.1) is 13.5 Å². The van der Waals surface area contributed by atoms with Crippen LogP contribution >= 0.6 is 0 Å². The largest absolute Gasteiger partial charge is 0.361 e. The lowest BCUT2D eigenvalue weighted by Crippen LogP contribution is -1.84. The van der Waals surface area contributed by atoms with E-state index in [0.717, 1.165) is 16.8 Å². The van der Waals surface area contributed by atoms with Crippen LogP contribution in [-0.2, 0) is 0 Å². The fourth-order valence-electron chi connectivity index (χ4n) is 1.46. The lowest BCUT2D eigenvalue weighted by atomic mass is 10.1. The minimum atomic E-state index is 0.453. The smallest absolute Gasteiger partial charge is 0.270 e. The van der Waals surface area contributed by atoms with Gasteiger partial charge in [0.15, 0.2) is 5.69 Å². The fourth-order valence-corrected chi connectivity index (χ4v) is 1.46. The summed E-state index contributed by atoms with van der Waals surface area (Å²) in [5.41, 5.74) is 2.97. The third kappa shape index (κ3) is 2.03. The molecule has 0 aliphatic rings. The van der Waals surface area contributed by atoms with Gasteiger partial charge in [-0.15, -0.1) is 4.98 Å². The lowest BCUT2D eigenvalue weighted by Gasteiger charge is -1.99. The Morgan fingerprint density at radius 3 is 2.53 bits per heavy atom. The van der Waals surface area contributed by atoms with Gasteiger partial charge in [0.2, 0.25) is 0 Å². The summed E-state index contributed by atoms with van der Waals surface area (Å²) in [6.07, 6.45) is 0. The first-order valence-corrected chi connectivity index (χ1v) is 4.71. The number of hydrogen-bond acceptors (Lipinski definition) is 1. The van der Waals surface area contributed by atoms with Crippen molar-refractivity contribution in [3.05, 3.63) is 59.4 Å². The Balaban J connectivity index is 2.55. The Labute approximate surface area is 89.0 Å². The Morgan fingerprint density at radius 2 is 1.87 bits per heavy atom. The second-order valence-corrected chi connectivity index (χ2v) is 3.37. The van der Waals surface area contributed by atoms with E-state index in [1.54, 1.807) is 6.07 Å². The van der Waals surface area contributed by atoms with Crippen molar-refractivity contribution < 1.29 is 0 Å². The number of aryl methyl sites for hydroxylation is 1. The maximum absolute atomic E-state index is 6.96. The van der Waals surface area contributed by atoms with Gasteiger partial charge >= 0.3 is 0 Å². The van der Waals surface area contributed by atoms with Gasteiger partial charge in [0.1, 0.15) is 0 Å². The van der Waals surface area contributed by atoms with Crippen LogP contribution < -0.4 is 0 Å². The number of pyridine rings is 1. The summed E-state index contributed by atoms with van der Waals surface area (Å²) in [6, 6.07) is 13.7. The second kappa shape index (κ2) is 3.93. The van der Waals surface area contributed by atoms with Gasteiger partial charge in [-0.25, -0.2) is 0 Å². The van der Waals surface area contributed by atoms with Crippen LogP contribution in [0.25, 0.3) is 16.1 Å². The summed E-state index contributed by atoms with van der Waals surface area (Å²) in [4.78, 5) is 7.62. The molecule has 0 aliphatic heterocycles. The van der Waals surface area contributed by atoms with Crippen molar-refractivity contribution in [1.82, 2.24) is 4.98 Å². The molecule has 2 heteroatoms. The Morgan fingerprint density at radius 1 is 1.13 bits per heavy atom. The predicted octanol–water partition coefficient (Wildman–Crippen LogP) is 3.61. The second-order valence-electron chi connectivity index (χ2n) is 3.37. The van der Waals surface area contributed by atoms with Gasteiger partial charge in [0.25, 0.3) is 5.82 Å².